The highest BCUT2D eigenvalue weighted by Crippen LogP contribution is 2.38. The SMILES string of the molecule is Cc1nc2c(-c3ccc(Cl)cc3F)cc(N3C[C@H](c4cnn(C)c4)OC(C)(C)C3)cc2c(=O)n1C. The van der Waals surface area contributed by atoms with Crippen LogP contribution in [-0.2, 0) is 18.8 Å². The molecule has 0 aliphatic carbocycles. The molecule has 1 fully saturated rings. The van der Waals surface area contributed by atoms with Crippen LogP contribution in [0.3, 0.4) is 0 Å². The minimum atomic E-state index is -0.466. The van der Waals surface area contributed by atoms with E-state index in [1.165, 1.54) is 10.6 Å². The highest BCUT2D eigenvalue weighted by atomic mass is 35.5. The van der Waals surface area contributed by atoms with E-state index in [0.29, 0.717) is 46.0 Å². The van der Waals surface area contributed by atoms with Crippen LogP contribution in [-0.4, -0.2) is 38.0 Å². The van der Waals surface area contributed by atoms with Crippen molar-refractivity contribution >= 4 is 28.2 Å². The second kappa shape index (κ2) is 8.46. The van der Waals surface area contributed by atoms with E-state index in [0.717, 1.165) is 11.3 Å². The van der Waals surface area contributed by atoms with Gasteiger partial charge in [0.2, 0.25) is 0 Å². The molecule has 1 atom stereocenters. The summed E-state index contributed by atoms with van der Waals surface area (Å²) in [7, 11) is 3.56. The van der Waals surface area contributed by atoms with Gasteiger partial charge >= 0.3 is 0 Å². The van der Waals surface area contributed by atoms with E-state index in [2.05, 4.69) is 15.0 Å². The third-order valence-corrected chi connectivity index (χ3v) is 6.73. The Bertz CT molecular complexity index is 1510. The molecule has 0 spiro atoms. The number of aryl methyl sites for hydroxylation is 2. The van der Waals surface area contributed by atoms with Crippen molar-refractivity contribution in [3.63, 3.8) is 0 Å². The Morgan fingerprint density at radius 1 is 1.17 bits per heavy atom. The summed E-state index contributed by atoms with van der Waals surface area (Å²) >= 11 is 6.02. The van der Waals surface area contributed by atoms with E-state index < -0.39 is 11.4 Å². The number of ether oxygens (including phenoxy) is 1. The zero-order valence-corrected chi connectivity index (χ0v) is 21.1. The van der Waals surface area contributed by atoms with Crippen molar-refractivity contribution in [1.29, 1.82) is 0 Å². The zero-order chi connectivity index (χ0) is 25.1. The number of anilines is 1. The number of hydrogen-bond donors (Lipinski definition) is 0. The molecule has 35 heavy (non-hydrogen) atoms. The number of hydrogen-bond acceptors (Lipinski definition) is 5. The molecule has 0 N–H and O–H groups in total. The van der Waals surface area contributed by atoms with Crippen LogP contribution in [0.1, 0.15) is 31.3 Å². The minimum absolute atomic E-state index is 0.179. The third kappa shape index (κ3) is 4.32. The van der Waals surface area contributed by atoms with Gasteiger partial charge in [0, 0.05) is 60.8 Å². The maximum absolute atomic E-state index is 15.1. The molecule has 0 unspecified atom stereocenters. The first-order valence-electron chi connectivity index (χ1n) is 11.4. The molecule has 7 nitrogen and oxygen atoms in total. The monoisotopic (exact) mass is 495 g/mol. The summed E-state index contributed by atoms with van der Waals surface area (Å²) in [6.07, 6.45) is 3.54. The predicted octanol–water partition coefficient (Wildman–Crippen LogP) is 4.79. The molecule has 1 saturated heterocycles. The van der Waals surface area contributed by atoms with Crippen LogP contribution in [0, 0.1) is 12.7 Å². The van der Waals surface area contributed by atoms with Gasteiger partial charge in [-0.3, -0.25) is 14.0 Å². The van der Waals surface area contributed by atoms with Crippen molar-refractivity contribution in [3.05, 3.63) is 75.3 Å². The number of morpholine rings is 1. The van der Waals surface area contributed by atoms with Crippen LogP contribution < -0.4 is 10.5 Å². The van der Waals surface area contributed by atoms with Crippen molar-refractivity contribution in [3.8, 4) is 11.1 Å². The van der Waals surface area contributed by atoms with Gasteiger partial charge in [0.15, 0.2) is 0 Å². The number of halogens is 2. The lowest BCUT2D eigenvalue weighted by molar-refractivity contribution is -0.0855. The Hall–Kier alpha value is -3.23. The van der Waals surface area contributed by atoms with E-state index in [9.17, 15) is 4.79 Å². The summed E-state index contributed by atoms with van der Waals surface area (Å²) in [4.78, 5) is 20.1. The van der Waals surface area contributed by atoms with Gasteiger partial charge in [-0.2, -0.15) is 5.10 Å². The topological polar surface area (TPSA) is 65.2 Å². The average Bonchev–Trinajstić information content (AvgIpc) is 3.23. The summed E-state index contributed by atoms with van der Waals surface area (Å²) < 4.78 is 24.7. The van der Waals surface area contributed by atoms with E-state index in [-0.39, 0.29) is 11.7 Å². The van der Waals surface area contributed by atoms with Gasteiger partial charge < -0.3 is 9.64 Å². The fourth-order valence-corrected chi connectivity index (χ4v) is 4.88. The first-order chi connectivity index (χ1) is 16.5. The molecular formula is C26H27ClFN5O2. The van der Waals surface area contributed by atoms with Gasteiger partial charge in [0.1, 0.15) is 17.7 Å². The van der Waals surface area contributed by atoms with Gasteiger partial charge in [-0.1, -0.05) is 11.6 Å². The highest BCUT2D eigenvalue weighted by molar-refractivity contribution is 6.30. The minimum Gasteiger partial charge on any atom is -0.366 e. The van der Waals surface area contributed by atoms with Crippen LogP contribution in [0.5, 0.6) is 0 Å². The summed E-state index contributed by atoms with van der Waals surface area (Å²) in [5.41, 5.74) is 2.49. The van der Waals surface area contributed by atoms with Crippen LogP contribution in [0.25, 0.3) is 22.0 Å². The summed E-state index contributed by atoms with van der Waals surface area (Å²) in [6, 6.07) is 8.31. The fraction of sp³-hybridized carbons (Fsp3) is 0.346. The summed E-state index contributed by atoms with van der Waals surface area (Å²) in [5, 5.41) is 5.03. The molecule has 182 valence electrons. The van der Waals surface area contributed by atoms with E-state index in [1.807, 2.05) is 45.4 Å². The second-order valence-corrected chi connectivity index (χ2v) is 10.2. The molecule has 2 aromatic carbocycles. The molecular weight excluding hydrogens is 469 g/mol. The van der Waals surface area contributed by atoms with Gasteiger partial charge in [-0.05, 0) is 51.1 Å². The van der Waals surface area contributed by atoms with Crippen molar-refractivity contribution in [2.24, 2.45) is 14.1 Å². The third-order valence-electron chi connectivity index (χ3n) is 6.49. The van der Waals surface area contributed by atoms with Crippen LogP contribution in [0.4, 0.5) is 10.1 Å². The molecule has 0 saturated carbocycles. The number of fused-ring (bicyclic) bond motifs is 1. The molecule has 9 heteroatoms. The van der Waals surface area contributed by atoms with E-state index >= 15 is 4.39 Å². The average molecular weight is 496 g/mol. The Labute approximate surface area is 207 Å². The molecule has 0 radical (unpaired) electrons. The molecule has 3 heterocycles. The van der Waals surface area contributed by atoms with Crippen LogP contribution in [0.15, 0.2) is 47.5 Å². The first kappa shape index (κ1) is 23.5. The van der Waals surface area contributed by atoms with Crippen LogP contribution in [0.2, 0.25) is 5.02 Å². The number of nitrogens with zero attached hydrogens (tertiary/aromatic N) is 5. The van der Waals surface area contributed by atoms with Gasteiger partial charge in [0.25, 0.3) is 5.56 Å². The quantitative estimate of drug-likeness (QED) is 0.409. The number of benzene rings is 2. The number of rotatable bonds is 3. The Morgan fingerprint density at radius 2 is 1.94 bits per heavy atom. The van der Waals surface area contributed by atoms with Crippen molar-refractivity contribution in [2.75, 3.05) is 18.0 Å². The zero-order valence-electron chi connectivity index (χ0n) is 20.3. The summed E-state index contributed by atoms with van der Waals surface area (Å²) in [5.74, 6) is 0.0849. The predicted molar refractivity (Wildman–Crippen MR) is 135 cm³/mol. The lowest BCUT2D eigenvalue weighted by atomic mass is 9.98. The van der Waals surface area contributed by atoms with Gasteiger partial charge in [-0.25, -0.2) is 9.37 Å². The maximum Gasteiger partial charge on any atom is 0.261 e. The maximum atomic E-state index is 15.1. The van der Waals surface area contributed by atoms with E-state index in [4.69, 9.17) is 16.3 Å². The molecule has 2 aromatic heterocycles. The number of aromatic nitrogens is 4. The van der Waals surface area contributed by atoms with Crippen LogP contribution >= 0.6 is 11.6 Å². The van der Waals surface area contributed by atoms with E-state index in [1.54, 1.807) is 30.8 Å². The smallest absolute Gasteiger partial charge is 0.261 e. The summed E-state index contributed by atoms with van der Waals surface area (Å²) in [6.45, 7) is 6.99. The lowest BCUT2D eigenvalue weighted by Crippen LogP contribution is -2.49. The lowest BCUT2D eigenvalue weighted by Gasteiger charge is -2.44. The van der Waals surface area contributed by atoms with Crippen molar-refractivity contribution in [2.45, 2.75) is 32.5 Å². The highest BCUT2D eigenvalue weighted by Gasteiger charge is 2.35. The standard InChI is InChI=1S/C26H27ClFN5O2/c1-15-30-24-20(19-7-6-17(27)8-22(19)28)9-18(10-21(24)25(34)32(15)5)33-13-23(35-26(2,3)14-33)16-11-29-31(4)12-16/h6-12,23H,13-14H2,1-5H3/t23-/m1/s1. The Kier molecular flexibility index (Phi) is 5.68. The Morgan fingerprint density at radius 3 is 2.63 bits per heavy atom. The molecule has 0 amide bonds. The van der Waals surface area contributed by atoms with Gasteiger partial charge in [0.05, 0.1) is 22.7 Å². The first-order valence-corrected chi connectivity index (χ1v) is 11.8. The fourth-order valence-electron chi connectivity index (χ4n) is 4.72. The second-order valence-electron chi connectivity index (χ2n) is 9.73. The molecule has 1 aliphatic rings. The molecule has 5 rings (SSSR count). The normalized spacial score (nSPS) is 17.8. The molecule has 4 aromatic rings. The molecule has 0 bridgehead atoms. The Balaban J connectivity index is 1.71. The largest absolute Gasteiger partial charge is 0.366 e. The van der Waals surface area contributed by atoms with Crippen molar-refractivity contribution in [1.82, 2.24) is 19.3 Å². The molecule has 1 aliphatic heterocycles. The van der Waals surface area contributed by atoms with Crippen molar-refractivity contribution < 1.29 is 9.13 Å². The van der Waals surface area contributed by atoms with Gasteiger partial charge in [-0.15, -0.1) is 0 Å².